The second-order valence-electron chi connectivity index (χ2n) is 9.32. The number of aromatic nitrogens is 2. The molecule has 5 rings (SSSR count). The Hall–Kier alpha value is -4.64. The highest BCUT2D eigenvalue weighted by Gasteiger charge is 2.27. The Kier molecular flexibility index (Phi) is 5.90. The molecule has 1 unspecified atom stereocenters. The Bertz CT molecular complexity index is 1480. The summed E-state index contributed by atoms with van der Waals surface area (Å²) in [4.78, 5) is 26.4. The molecule has 0 saturated heterocycles. The zero-order valence-corrected chi connectivity index (χ0v) is 20.3. The van der Waals surface area contributed by atoms with Gasteiger partial charge < -0.3 is 5.32 Å². The Morgan fingerprint density at radius 3 is 2.83 bits per heavy atom. The van der Waals surface area contributed by atoms with Crippen molar-refractivity contribution in [2.45, 2.75) is 38.6 Å². The van der Waals surface area contributed by atoms with Crippen LogP contribution < -0.4 is 5.32 Å². The van der Waals surface area contributed by atoms with E-state index in [0.29, 0.717) is 16.9 Å². The molecule has 3 aromatic rings. The van der Waals surface area contributed by atoms with Gasteiger partial charge in [-0.1, -0.05) is 24.3 Å². The fraction of sp³-hybridized carbons (Fsp3) is 0.214. The van der Waals surface area contributed by atoms with Gasteiger partial charge in [0.25, 0.3) is 5.91 Å². The largest absolute Gasteiger partial charge is 0.321 e. The highest BCUT2D eigenvalue weighted by Crippen LogP contribution is 2.29. The molecule has 1 amide bonds. The maximum Gasteiger partial charge on any atom is 0.255 e. The lowest BCUT2D eigenvalue weighted by molar-refractivity contribution is 0.102. The van der Waals surface area contributed by atoms with E-state index in [1.165, 1.54) is 0 Å². The van der Waals surface area contributed by atoms with Gasteiger partial charge in [0.15, 0.2) is 0 Å². The predicted octanol–water partition coefficient (Wildman–Crippen LogP) is 4.84. The molecule has 36 heavy (non-hydrogen) atoms. The monoisotopic (exact) mass is 475 g/mol. The van der Waals surface area contributed by atoms with Crippen molar-refractivity contribution in [3.05, 3.63) is 89.6 Å². The van der Waals surface area contributed by atoms with Gasteiger partial charge in [-0.05, 0) is 62.6 Å². The van der Waals surface area contributed by atoms with E-state index in [9.17, 15) is 10.1 Å². The molecule has 8 nitrogen and oxygen atoms in total. The van der Waals surface area contributed by atoms with Gasteiger partial charge in [-0.15, -0.1) is 0 Å². The fourth-order valence-corrected chi connectivity index (χ4v) is 4.28. The molecule has 2 aromatic heterocycles. The second-order valence-corrected chi connectivity index (χ2v) is 9.32. The van der Waals surface area contributed by atoms with Crippen LogP contribution >= 0.6 is 0 Å². The van der Waals surface area contributed by atoms with E-state index in [1.54, 1.807) is 44.7 Å². The zero-order chi connectivity index (χ0) is 25.3. The second kappa shape index (κ2) is 9.19. The van der Waals surface area contributed by atoms with Gasteiger partial charge in [0.2, 0.25) is 0 Å². The molecule has 4 heterocycles. The summed E-state index contributed by atoms with van der Waals surface area (Å²) in [5.74, 6) is -0.289. The van der Waals surface area contributed by atoms with E-state index in [0.717, 1.165) is 34.5 Å². The topological polar surface area (TPSA) is 107 Å². The van der Waals surface area contributed by atoms with Gasteiger partial charge in [0.05, 0.1) is 40.8 Å². The summed E-state index contributed by atoms with van der Waals surface area (Å²) in [5.41, 5.74) is 5.51. The lowest BCUT2D eigenvalue weighted by Gasteiger charge is -2.25. The lowest BCUT2D eigenvalue weighted by Crippen LogP contribution is -2.34. The Labute approximate surface area is 209 Å². The zero-order valence-electron chi connectivity index (χ0n) is 20.3. The molecule has 8 heteroatoms. The normalized spacial score (nSPS) is 16.3. The van der Waals surface area contributed by atoms with Crippen molar-refractivity contribution in [2.24, 2.45) is 10.1 Å². The third-order valence-electron chi connectivity index (χ3n) is 6.39. The van der Waals surface area contributed by atoms with E-state index in [4.69, 9.17) is 0 Å². The van der Waals surface area contributed by atoms with Gasteiger partial charge in [0, 0.05) is 29.2 Å². The molecule has 0 bridgehead atoms. The minimum absolute atomic E-state index is 0.103. The molecular weight excluding hydrogens is 450 g/mol. The van der Waals surface area contributed by atoms with E-state index >= 15 is 0 Å². The number of hydrogen-bond acceptors (Lipinski definition) is 7. The van der Waals surface area contributed by atoms with Crippen LogP contribution in [0.5, 0.6) is 0 Å². The van der Waals surface area contributed by atoms with Crippen LogP contribution in [-0.2, 0) is 5.41 Å². The summed E-state index contributed by atoms with van der Waals surface area (Å²) in [7, 11) is 0. The number of aliphatic imine (C=N–C) groups is 1. The van der Waals surface area contributed by atoms with E-state index in [2.05, 4.69) is 49.7 Å². The number of carbonyl (C=O) groups is 1. The number of aryl methyl sites for hydroxylation is 1. The molecule has 0 aliphatic carbocycles. The lowest BCUT2D eigenvalue weighted by atomic mass is 9.90. The van der Waals surface area contributed by atoms with Crippen molar-refractivity contribution in [3.63, 3.8) is 0 Å². The molecule has 1 aromatic carbocycles. The molecule has 0 radical (unpaired) electrons. The van der Waals surface area contributed by atoms with Crippen LogP contribution in [0.3, 0.4) is 0 Å². The van der Waals surface area contributed by atoms with E-state index < -0.39 is 5.41 Å². The number of carbonyl (C=O) groups excluding carboxylic acids is 1. The number of benzene rings is 1. The number of nitrogens with one attached hydrogen (secondary N) is 1. The van der Waals surface area contributed by atoms with Crippen LogP contribution in [-0.4, -0.2) is 39.0 Å². The summed E-state index contributed by atoms with van der Waals surface area (Å²) >= 11 is 0. The quantitative estimate of drug-likeness (QED) is 0.568. The highest BCUT2D eigenvalue weighted by atomic mass is 16.1. The summed E-state index contributed by atoms with van der Waals surface area (Å²) in [6, 6.07) is 15.7. The van der Waals surface area contributed by atoms with Gasteiger partial charge in [-0.2, -0.15) is 10.4 Å². The van der Waals surface area contributed by atoms with E-state index in [-0.39, 0.29) is 11.9 Å². The third-order valence-corrected chi connectivity index (χ3v) is 6.39. The number of hydrogen-bond donors (Lipinski definition) is 1. The predicted molar refractivity (Wildman–Crippen MR) is 140 cm³/mol. The van der Waals surface area contributed by atoms with Gasteiger partial charge in [-0.3, -0.25) is 19.8 Å². The minimum Gasteiger partial charge on any atom is -0.321 e. The number of nitrogens with zero attached hydrogens (tertiary/aromatic N) is 6. The average molecular weight is 476 g/mol. The molecule has 1 atom stereocenters. The number of anilines is 1. The number of pyridine rings is 2. The van der Waals surface area contributed by atoms with Crippen LogP contribution in [0.25, 0.3) is 11.1 Å². The molecule has 0 spiro atoms. The summed E-state index contributed by atoms with van der Waals surface area (Å²) in [6.45, 7) is 5.49. The molecule has 2 aliphatic rings. The van der Waals surface area contributed by atoms with Crippen molar-refractivity contribution in [3.8, 4) is 17.2 Å². The molecule has 178 valence electrons. The number of rotatable bonds is 5. The Morgan fingerprint density at radius 1 is 1.17 bits per heavy atom. The molecule has 1 N–H and O–H groups in total. The van der Waals surface area contributed by atoms with Crippen LogP contribution in [0.2, 0.25) is 0 Å². The fourth-order valence-electron chi connectivity index (χ4n) is 4.28. The van der Waals surface area contributed by atoms with Crippen LogP contribution in [0.1, 0.15) is 47.6 Å². The summed E-state index contributed by atoms with van der Waals surface area (Å²) in [5, 5.41) is 18.6. The molecule has 0 fully saturated rings. The standard InChI is InChI=1S/C28H25N7O/c1-18-23(19-6-4-7-20(12-19)26-24-8-5-11-35(24)33-17-32-26)14-22(15-31-18)34-27(36)21-9-10-30-25(13-21)28(2,3)16-29/h4-7,9-15,17,24H,8H2,1-3H3,(H,34,36). The van der Waals surface area contributed by atoms with Crippen LogP contribution in [0, 0.1) is 18.3 Å². The summed E-state index contributed by atoms with van der Waals surface area (Å²) in [6.07, 6.45) is 9.72. The number of hydrazone groups is 1. The Balaban J connectivity index is 1.41. The molecular formula is C28H25N7O. The van der Waals surface area contributed by atoms with Gasteiger partial charge >= 0.3 is 0 Å². The third kappa shape index (κ3) is 4.39. The van der Waals surface area contributed by atoms with Crippen molar-refractivity contribution in [1.82, 2.24) is 15.0 Å². The first-order valence-corrected chi connectivity index (χ1v) is 11.7. The Morgan fingerprint density at radius 2 is 2.00 bits per heavy atom. The van der Waals surface area contributed by atoms with Gasteiger partial charge in [0.1, 0.15) is 6.34 Å². The van der Waals surface area contributed by atoms with Crippen LogP contribution in [0.15, 0.2) is 77.2 Å². The summed E-state index contributed by atoms with van der Waals surface area (Å²) < 4.78 is 0. The van der Waals surface area contributed by atoms with Crippen molar-refractivity contribution in [1.29, 1.82) is 5.26 Å². The SMILES string of the molecule is Cc1ncc(NC(=O)c2ccnc(C(C)(C)C#N)c2)cc1-c1cccc(C2=NC=NN3C=CCC23)c1. The number of nitriles is 1. The van der Waals surface area contributed by atoms with Crippen molar-refractivity contribution < 1.29 is 4.79 Å². The minimum atomic E-state index is -0.792. The number of amides is 1. The van der Waals surface area contributed by atoms with E-state index in [1.807, 2.05) is 36.3 Å². The first kappa shape index (κ1) is 23.1. The first-order chi connectivity index (χ1) is 17.4. The van der Waals surface area contributed by atoms with Crippen LogP contribution in [0.4, 0.5) is 5.69 Å². The molecule has 2 aliphatic heterocycles. The first-order valence-electron chi connectivity index (χ1n) is 11.7. The number of fused-ring (bicyclic) bond motifs is 1. The maximum atomic E-state index is 13.0. The maximum absolute atomic E-state index is 13.0. The average Bonchev–Trinajstić information content (AvgIpc) is 3.39. The van der Waals surface area contributed by atoms with Crippen molar-refractivity contribution in [2.75, 3.05) is 5.32 Å². The highest BCUT2D eigenvalue weighted by molar-refractivity contribution is 6.09. The van der Waals surface area contributed by atoms with Gasteiger partial charge in [-0.25, -0.2) is 4.99 Å². The smallest absolute Gasteiger partial charge is 0.255 e. The molecule has 0 saturated carbocycles. The van der Waals surface area contributed by atoms with Crippen molar-refractivity contribution >= 4 is 23.6 Å².